The number of anilines is 1. The summed E-state index contributed by atoms with van der Waals surface area (Å²) in [6, 6.07) is 5.12. The maximum atomic E-state index is 11.9. The number of carbonyl (C=O) groups is 1. The van der Waals surface area contributed by atoms with Crippen molar-refractivity contribution in [2.45, 2.75) is 12.6 Å². The molecule has 0 radical (unpaired) electrons. The van der Waals surface area contributed by atoms with Crippen LogP contribution in [-0.4, -0.2) is 48.6 Å². The lowest BCUT2D eigenvalue weighted by atomic mass is 10.2. The number of aromatic nitrogens is 1. The Morgan fingerprint density at radius 2 is 2.43 bits per heavy atom. The summed E-state index contributed by atoms with van der Waals surface area (Å²) in [6.45, 7) is 2.08. The zero-order valence-corrected chi connectivity index (χ0v) is 11.8. The van der Waals surface area contributed by atoms with Crippen molar-refractivity contribution in [2.24, 2.45) is 0 Å². The fourth-order valence-electron chi connectivity index (χ4n) is 2.49. The molecule has 1 saturated heterocycles. The molecule has 7 heteroatoms. The van der Waals surface area contributed by atoms with Crippen molar-refractivity contribution in [1.82, 2.24) is 15.2 Å². The van der Waals surface area contributed by atoms with Gasteiger partial charge in [-0.2, -0.15) is 0 Å². The number of morpholine rings is 1. The fourth-order valence-corrected chi connectivity index (χ4v) is 2.49. The van der Waals surface area contributed by atoms with Crippen molar-refractivity contribution in [1.29, 1.82) is 0 Å². The number of nitrogens with zero attached hydrogens (tertiary/aromatic N) is 2. The Morgan fingerprint density at radius 3 is 3.19 bits per heavy atom. The van der Waals surface area contributed by atoms with E-state index in [1.54, 1.807) is 13.1 Å². The monoisotopic (exact) mass is 290 g/mol. The number of oxazole rings is 1. The highest BCUT2D eigenvalue weighted by molar-refractivity contribution is 5.85. The molecule has 1 aromatic heterocycles. The SMILES string of the molecule is CNC(=O)C1COCCN1Cc1nc2c(N)cccc2o1. The molecule has 1 unspecified atom stereocenters. The number of hydrogen-bond donors (Lipinski definition) is 2. The van der Waals surface area contributed by atoms with E-state index in [9.17, 15) is 4.79 Å². The molecule has 1 atom stereocenters. The smallest absolute Gasteiger partial charge is 0.239 e. The molecule has 0 aliphatic carbocycles. The molecule has 1 aliphatic heterocycles. The van der Waals surface area contributed by atoms with Crippen LogP contribution in [0.4, 0.5) is 5.69 Å². The van der Waals surface area contributed by atoms with Gasteiger partial charge < -0.3 is 20.2 Å². The van der Waals surface area contributed by atoms with Gasteiger partial charge in [0.05, 0.1) is 25.4 Å². The van der Waals surface area contributed by atoms with Crippen LogP contribution < -0.4 is 11.1 Å². The second-order valence-corrected chi connectivity index (χ2v) is 4.98. The van der Waals surface area contributed by atoms with Gasteiger partial charge in [-0.25, -0.2) is 4.98 Å². The molecule has 112 valence electrons. The number of nitrogens with one attached hydrogen (secondary N) is 1. The zero-order chi connectivity index (χ0) is 14.8. The lowest BCUT2D eigenvalue weighted by Gasteiger charge is -2.33. The molecule has 3 rings (SSSR count). The number of likely N-dealkylation sites (N-methyl/N-ethyl adjacent to an activating group) is 1. The summed E-state index contributed by atoms with van der Waals surface area (Å²) in [7, 11) is 1.62. The van der Waals surface area contributed by atoms with E-state index < -0.39 is 0 Å². The van der Waals surface area contributed by atoms with Crippen molar-refractivity contribution in [3.05, 3.63) is 24.1 Å². The van der Waals surface area contributed by atoms with Crippen LogP contribution in [0.5, 0.6) is 0 Å². The van der Waals surface area contributed by atoms with Gasteiger partial charge in [-0.1, -0.05) is 6.07 Å². The standard InChI is InChI=1S/C14H18N4O3/c1-16-14(19)10-8-20-6-5-18(10)7-12-17-13-9(15)3-2-4-11(13)21-12/h2-4,10H,5-8,15H2,1H3,(H,16,19). The maximum absolute atomic E-state index is 11.9. The van der Waals surface area contributed by atoms with Crippen molar-refractivity contribution in [3.63, 3.8) is 0 Å². The lowest BCUT2D eigenvalue weighted by molar-refractivity contribution is -0.132. The Balaban J connectivity index is 1.82. The number of para-hydroxylation sites is 1. The van der Waals surface area contributed by atoms with Gasteiger partial charge >= 0.3 is 0 Å². The minimum atomic E-state index is -0.323. The summed E-state index contributed by atoms with van der Waals surface area (Å²) in [6.07, 6.45) is 0. The van der Waals surface area contributed by atoms with E-state index in [-0.39, 0.29) is 11.9 Å². The van der Waals surface area contributed by atoms with Gasteiger partial charge in [-0.15, -0.1) is 0 Å². The number of fused-ring (bicyclic) bond motifs is 1. The largest absolute Gasteiger partial charge is 0.439 e. The van der Waals surface area contributed by atoms with Crippen LogP contribution in [0, 0.1) is 0 Å². The summed E-state index contributed by atoms with van der Waals surface area (Å²) in [5.41, 5.74) is 7.80. The van der Waals surface area contributed by atoms with E-state index in [0.717, 1.165) is 0 Å². The zero-order valence-electron chi connectivity index (χ0n) is 11.8. The Morgan fingerprint density at radius 1 is 1.57 bits per heavy atom. The van der Waals surface area contributed by atoms with Crippen molar-refractivity contribution >= 4 is 22.7 Å². The number of nitrogens with two attached hydrogens (primary N) is 1. The highest BCUT2D eigenvalue weighted by Crippen LogP contribution is 2.22. The predicted octanol–water partition coefficient (Wildman–Crippen LogP) is 0.357. The van der Waals surface area contributed by atoms with E-state index in [0.29, 0.717) is 49.0 Å². The van der Waals surface area contributed by atoms with Crippen molar-refractivity contribution < 1.29 is 13.9 Å². The van der Waals surface area contributed by atoms with Gasteiger partial charge in [-0.05, 0) is 12.1 Å². The van der Waals surface area contributed by atoms with Crippen LogP contribution in [0.25, 0.3) is 11.1 Å². The second kappa shape index (κ2) is 5.71. The number of hydrogen-bond acceptors (Lipinski definition) is 6. The van der Waals surface area contributed by atoms with E-state index >= 15 is 0 Å². The highest BCUT2D eigenvalue weighted by atomic mass is 16.5. The van der Waals surface area contributed by atoms with Crippen LogP contribution in [0.1, 0.15) is 5.89 Å². The van der Waals surface area contributed by atoms with Crippen LogP contribution in [0.3, 0.4) is 0 Å². The van der Waals surface area contributed by atoms with Gasteiger partial charge in [0.15, 0.2) is 5.58 Å². The number of benzene rings is 1. The summed E-state index contributed by atoms with van der Waals surface area (Å²) in [5, 5.41) is 2.65. The van der Waals surface area contributed by atoms with E-state index in [2.05, 4.69) is 10.3 Å². The van der Waals surface area contributed by atoms with Gasteiger partial charge in [0.2, 0.25) is 11.8 Å². The van der Waals surface area contributed by atoms with Gasteiger partial charge in [0, 0.05) is 13.6 Å². The Bertz CT molecular complexity index is 655. The third-order valence-electron chi connectivity index (χ3n) is 3.62. The summed E-state index contributed by atoms with van der Waals surface area (Å²) in [5.74, 6) is 0.490. The van der Waals surface area contributed by atoms with Crippen molar-refractivity contribution in [3.8, 4) is 0 Å². The first-order chi connectivity index (χ1) is 10.2. The number of nitrogen functional groups attached to an aromatic ring is 1. The Hall–Kier alpha value is -2.12. The molecule has 0 bridgehead atoms. The van der Waals surface area contributed by atoms with E-state index in [1.807, 2.05) is 17.0 Å². The average molecular weight is 290 g/mol. The number of amides is 1. The Kier molecular flexibility index (Phi) is 3.76. The topological polar surface area (TPSA) is 93.6 Å². The fraction of sp³-hybridized carbons (Fsp3) is 0.429. The molecule has 1 fully saturated rings. The minimum absolute atomic E-state index is 0.0645. The number of carbonyl (C=O) groups excluding carboxylic acids is 1. The van der Waals surface area contributed by atoms with Crippen LogP contribution in [0.15, 0.2) is 22.6 Å². The van der Waals surface area contributed by atoms with Crippen molar-refractivity contribution in [2.75, 3.05) is 32.5 Å². The molecule has 2 heterocycles. The van der Waals surface area contributed by atoms with Crippen LogP contribution in [0.2, 0.25) is 0 Å². The molecular weight excluding hydrogens is 272 g/mol. The normalized spacial score (nSPS) is 19.8. The van der Waals surface area contributed by atoms with Crippen LogP contribution >= 0.6 is 0 Å². The first kappa shape index (κ1) is 13.8. The van der Waals surface area contributed by atoms with Gasteiger partial charge in [0.25, 0.3) is 0 Å². The first-order valence-corrected chi connectivity index (χ1v) is 6.86. The molecule has 1 amide bonds. The van der Waals surface area contributed by atoms with Gasteiger partial charge in [0.1, 0.15) is 11.6 Å². The molecule has 0 saturated carbocycles. The predicted molar refractivity (Wildman–Crippen MR) is 77.5 cm³/mol. The van der Waals surface area contributed by atoms with Gasteiger partial charge in [-0.3, -0.25) is 9.69 Å². The summed E-state index contributed by atoms with van der Waals surface area (Å²) in [4.78, 5) is 18.3. The molecule has 2 aromatic rings. The van der Waals surface area contributed by atoms with E-state index in [1.165, 1.54) is 0 Å². The molecular formula is C14H18N4O3. The first-order valence-electron chi connectivity index (χ1n) is 6.86. The molecule has 0 spiro atoms. The summed E-state index contributed by atoms with van der Waals surface area (Å²) >= 11 is 0. The average Bonchev–Trinajstić information content (AvgIpc) is 2.91. The maximum Gasteiger partial charge on any atom is 0.239 e. The number of rotatable bonds is 3. The molecule has 21 heavy (non-hydrogen) atoms. The number of ether oxygens (including phenoxy) is 1. The minimum Gasteiger partial charge on any atom is -0.439 e. The third kappa shape index (κ3) is 2.70. The quantitative estimate of drug-likeness (QED) is 0.793. The molecule has 1 aromatic carbocycles. The van der Waals surface area contributed by atoms with E-state index in [4.69, 9.17) is 14.9 Å². The van der Waals surface area contributed by atoms with Crippen LogP contribution in [-0.2, 0) is 16.1 Å². The second-order valence-electron chi connectivity index (χ2n) is 4.98. The molecule has 3 N–H and O–H groups in total. The highest BCUT2D eigenvalue weighted by Gasteiger charge is 2.29. The lowest BCUT2D eigenvalue weighted by Crippen LogP contribution is -2.52. The molecule has 1 aliphatic rings. The molecule has 7 nitrogen and oxygen atoms in total. The summed E-state index contributed by atoms with van der Waals surface area (Å²) < 4.78 is 11.1. The third-order valence-corrected chi connectivity index (χ3v) is 3.62. The Labute approximate surface area is 122 Å².